The van der Waals surface area contributed by atoms with Crippen LogP contribution in [0, 0.1) is 5.92 Å². The topological polar surface area (TPSA) is 38.3 Å². The Labute approximate surface area is 72.1 Å². The van der Waals surface area contributed by atoms with Crippen LogP contribution in [-0.2, 0) is 4.74 Å². The smallest absolute Gasteiger partial charge is 0.408 e. The number of nitrogens with one attached hydrogen (secondary N) is 1. The second-order valence-corrected chi connectivity index (χ2v) is 2.94. The normalized spacial score (nSPS) is 12.8. The summed E-state index contributed by atoms with van der Waals surface area (Å²) in [7, 11) is 0. The maximum absolute atomic E-state index is 10.7. The van der Waals surface area contributed by atoms with Crippen molar-refractivity contribution in [1.29, 1.82) is 0 Å². The first-order valence-corrected chi connectivity index (χ1v) is 4.10. The zero-order valence-corrected chi connectivity index (χ0v) is 7.81. The first kappa shape index (κ1) is 10.6. The van der Waals surface area contributed by atoms with Crippen molar-refractivity contribution >= 4 is 17.7 Å². The number of halogens is 1. The Morgan fingerprint density at radius 2 is 2.09 bits per heavy atom. The Bertz CT molecular complexity index is 128. The Morgan fingerprint density at radius 3 is 2.45 bits per heavy atom. The summed E-state index contributed by atoms with van der Waals surface area (Å²) >= 11 is 5.18. The number of hydrogen-bond acceptors (Lipinski definition) is 2. The molecule has 0 aromatic carbocycles. The summed E-state index contributed by atoms with van der Waals surface area (Å²) in [4.78, 5) is 10.7. The van der Waals surface area contributed by atoms with E-state index in [1.807, 2.05) is 20.8 Å². The van der Waals surface area contributed by atoms with Crippen molar-refractivity contribution < 1.29 is 9.53 Å². The number of alkyl halides is 1. The van der Waals surface area contributed by atoms with Crippen LogP contribution in [0.25, 0.3) is 0 Å². The van der Waals surface area contributed by atoms with Gasteiger partial charge >= 0.3 is 6.09 Å². The molecule has 0 aliphatic rings. The number of carbonyl (C=O) groups is 1. The van der Waals surface area contributed by atoms with Crippen molar-refractivity contribution in [1.82, 2.24) is 5.32 Å². The maximum atomic E-state index is 10.7. The second-order valence-electron chi connectivity index (χ2n) is 2.72. The average molecular weight is 180 g/mol. The minimum atomic E-state index is -0.457. The van der Waals surface area contributed by atoms with Crippen molar-refractivity contribution in [2.45, 2.75) is 26.8 Å². The van der Waals surface area contributed by atoms with E-state index in [0.29, 0.717) is 5.92 Å². The van der Waals surface area contributed by atoms with Crippen LogP contribution in [0.1, 0.15) is 20.8 Å². The molecule has 0 unspecified atom stereocenters. The van der Waals surface area contributed by atoms with Crippen molar-refractivity contribution in [3.8, 4) is 0 Å². The monoisotopic (exact) mass is 179 g/mol. The van der Waals surface area contributed by atoms with Crippen molar-refractivity contribution in [3.63, 3.8) is 0 Å². The highest BCUT2D eigenvalue weighted by atomic mass is 35.5. The molecule has 0 aliphatic carbocycles. The zero-order chi connectivity index (χ0) is 8.85. The van der Waals surface area contributed by atoms with Gasteiger partial charge in [0.1, 0.15) is 0 Å². The number of amides is 1. The second kappa shape index (κ2) is 5.24. The molecular formula is C7H14ClNO2. The first-order chi connectivity index (χ1) is 5.07. The lowest BCUT2D eigenvalue weighted by atomic mass is 10.1. The van der Waals surface area contributed by atoms with Crippen LogP contribution in [0.15, 0.2) is 0 Å². The van der Waals surface area contributed by atoms with Gasteiger partial charge in [-0.2, -0.15) is 0 Å². The molecule has 0 radical (unpaired) electrons. The predicted molar refractivity (Wildman–Crippen MR) is 44.6 cm³/mol. The van der Waals surface area contributed by atoms with Gasteiger partial charge in [0.25, 0.3) is 0 Å². The van der Waals surface area contributed by atoms with E-state index in [9.17, 15) is 4.79 Å². The molecule has 0 spiro atoms. The highest BCUT2D eigenvalue weighted by Crippen LogP contribution is 1.99. The van der Waals surface area contributed by atoms with Crippen LogP contribution in [0.2, 0.25) is 0 Å². The van der Waals surface area contributed by atoms with Gasteiger partial charge in [0, 0.05) is 6.04 Å². The fraction of sp³-hybridized carbons (Fsp3) is 0.857. The summed E-state index contributed by atoms with van der Waals surface area (Å²) in [5.74, 6) is 0.401. The van der Waals surface area contributed by atoms with Gasteiger partial charge in [-0.25, -0.2) is 4.79 Å². The molecule has 66 valence electrons. The van der Waals surface area contributed by atoms with Crippen LogP contribution in [0.4, 0.5) is 4.79 Å². The molecule has 0 aromatic heterocycles. The highest BCUT2D eigenvalue weighted by molar-refractivity contribution is 6.17. The van der Waals surface area contributed by atoms with Gasteiger partial charge in [0.15, 0.2) is 6.07 Å². The van der Waals surface area contributed by atoms with Crippen LogP contribution < -0.4 is 5.32 Å². The molecule has 0 aliphatic heterocycles. The van der Waals surface area contributed by atoms with E-state index in [4.69, 9.17) is 11.6 Å². The van der Waals surface area contributed by atoms with E-state index in [1.54, 1.807) is 0 Å². The van der Waals surface area contributed by atoms with Gasteiger partial charge in [-0.3, -0.25) is 0 Å². The van der Waals surface area contributed by atoms with Gasteiger partial charge in [0.05, 0.1) is 0 Å². The van der Waals surface area contributed by atoms with Gasteiger partial charge in [-0.05, 0) is 12.8 Å². The van der Waals surface area contributed by atoms with Gasteiger partial charge in [-0.15, -0.1) is 0 Å². The average Bonchev–Trinajstić information content (AvgIpc) is 1.87. The van der Waals surface area contributed by atoms with Crippen molar-refractivity contribution in [2.75, 3.05) is 6.07 Å². The molecule has 0 rings (SSSR count). The van der Waals surface area contributed by atoms with Crippen molar-refractivity contribution in [2.24, 2.45) is 5.92 Å². The lowest BCUT2D eigenvalue weighted by Gasteiger charge is -2.16. The quantitative estimate of drug-likeness (QED) is 0.673. The molecule has 1 N–H and O–H groups in total. The molecular weight excluding hydrogens is 166 g/mol. The molecule has 0 aromatic rings. The van der Waals surface area contributed by atoms with E-state index in [0.717, 1.165) is 0 Å². The molecule has 11 heavy (non-hydrogen) atoms. The predicted octanol–water partition coefficient (Wildman–Crippen LogP) is 1.95. The summed E-state index contributed by atoms with van der Waals surface area (Å²) in [6, 6.07) is 0.0159. The van der Waals surface area contributed by atoms with E-state index in [1.165, 1.54) is 0 Å². The summed E-state index contributed by atoms with van der Waals surface area (Å²) in [5.41, 5.74) is 0. The highest BCUT2D eigenvalue weighted by Gasteiger charge is 2.10. The number of alkyl carbamates (subject to hydrolysis) is 1. The minimum absolute atomic E-state index is 0.101. The van der Waals surface area contributed by atoms with Gasteiger partial charge < -0.3 is 10.1 Å². The summed E-state index contributed by atoms with van der Waals surface area (Å²) in [5, 5.41) is 2.63. The largest absolute Gasteiger partial charge is 0.433 e. The molecule has 0 heterocycles. The molecule has 0 fully saturated rings. The molecule has 3 nitrogen and oxygen atoms in total. The van der Waals surface area contributed by atoms with Crippen molar-refractivity contribution in [3.05, 3.63) is 0 Å². The zero-order valence-electron chi connectivity index (χ0n) is 7.06. The van der Waals surface area contributed by atoms with E-state index in [2.05, 4.69) is 10.1 Å². The summed E-state index contributed by atoms with van der Waals surface area (Å²) in [6.45, 7) is 5.96. The van der Waals surface area contributed by atoms with E-state index in [-0.39, 0.29) is 12.1 Å². The van der Waals surface area contributed by atoms with Crippen LogP contribution in [0.3, 0.4) is 0 Å². The Balaban J connectivity index is 3.57. The Hall–Kier alpha value is -0.440. The number of hydrogen-bond donors (Lipinski definition) is 1. The molecule has 0 saturated carbocycles. The van der Waals surface area contributed by atoms with Gasteiger partial charge in [0.2, 0.25) is 0 Å². The standard InChI is InChI=1S/C7H14ClNO2/c1-5(2)6(3)9-7(10)11-4-8/h5-6H,4H2,1-3H3,(H,9,10)/t6-/m0/s1. The first-order valence-electron chi connectivity index (χ1n) is 3.57. The number of carbonyl (C=O) groups excluding carboxylic acids is 1. The molecule has 0 saturated heterocycles. The Kier molecular flexibility index (Phi) is 5.03. The summed E-state index contributed by atoms with van der Waals surface area (Å²) < 4.78 is 4.48. The van der Waals surface area contributed by atoms with Crippen LogP contribution in [0.5, 0.6) is 0 Å². The third kappa shape index (κ3) is 4.90. The van der Waals surface area contributed by atoms with Gasteiger partial charge in [-0.1, -0.05) is 25.4 Å². The summed E-state index contributed by atoms with van der Waals surface area (Å²) in [6.07, 6.45) is -0.457. The SMILES string of the molecule is CC(C)[C@H](C)NC(=O)OCCl. The molecule has 1 amide bonds. The number of rotatable bonds is 3. The number of ether oxygens (including phenoxy) is 1. The van der Waals surface area contributed by atoms with E-state index < -0.39 is 6.09 Å². The Morgan fingerprint density at radius 1 is 1.55 bits per heavy atom. The third-order valence-electron chi connectivity index (χ3n) is 1.53. The van der Waals surface area contributed by atoms with Crippen LogP contribution in [-0.4, -0.2) is 18.2 Å². The fourth-order valence-electron chi connectivity index (χ4n) is 0.444. The lowest BCUT2D eigenvalue weighted by Crippen LogP contribution is -2.36. The van der Waals surface area contributed by atoms with E-state index >= 15 is 0 Å². The molecule has 0 bridgehead atoms. The maximum Gasteiger partial charge on any atom is 0.408 e. The third-order valence-corrected chi connectivity index (χ3v) is 1.64. The molecule has 4 heteroatoms. The molecule has 1 atom stereocenters. The van der Waals surface area contributed by atoms with Crippen LogP contribution >= 0.6 is 11.6 Å². The minimum Gasteiger partial charge on any atom is -0.433 e. The lowest BCUT2D eigenvalue weighted by molar-refractivity contribution is 0.158. The fourth-order valence-corrected chi connectivity index (χ4v) is 0.543.